The Bertz CT molecular complexity index is 1160. The van der Waals surface area contributed by atoms with E-state index in [2.05, 4.69) is 0 Å². The fraction of sp³-hybridized carbons (Fsp3) is 0.120. The van der Waals surface area contributed by atoms with Crippen molar-refractivity contribution in [2.45, 2.75) is 5.75 Å². The standard InChI is InChI=1S/C25H21NO4S/c1-29-20-14-8-6-12-18(20)22-23(31-16-17-10-4-3-5-11-17)25(28)26(24(22)27)19-13-7-9-15-21(19)30-2/h3-15H,16H2,1-2H3. The third-order valence-corrected chi connectivity index (χ3v) is 6.11. The highest BCUT2D eigenvalue weighted by Gasteiger charge is 2.42. The Hall–Kier alpha value is -3.51. The second-order valence-electron chi connectivity index (χ2n) is 6.80. The maximum absolute atomic E-state index is 13.6. The van der Waals surface area contributed by atoms with E-state index in [1.807, 2.05) is 42.5 Å². The lowest BCUT2D eigenvalue weighted by Crippen LogP contribution is -2.31. The Labute approximate surface area is 185 Å². The van der Waals surface area contributed by atoms with E-state index in [4.69, 9.17) is 9.47 Å². The highest BCUT2D eigenvalue weighted by molar-refractivity contribution is 8.03. The van der Waals surface area contributed by atoms with Gasteiger partial charge in [-0.25, -0.2) is 4.90 Å². The number of benzene rings is 3. The van der Waals surface area contributed by atoms with Gasteiger partial charge in [0.1, 0.15) is 11.5 Å². The normalized spacial score (nSPS) is 13.7. The summed E-state index contributed by atoms with van der Waals surface area (Å²) in [5.74, 6) is 0.801. The summed E-state index contributed by atoms with van der Waals surface area (Å²) in [4.78, 5) is 28.7. The molecule has 31 heavy (non-hydrogen) atoms. The number of carbonyl (C=O) groups excluding carboxylic acids is 2. The van der Waals surface area contributed by atoms with Gasteiger partial charge in [-0.15, -0.1) is 11.8 Å². The zero-order valence-corrected chi connectivity index (χ0v) is 18.0. The lowest BCUT2D eigenvalue weighted by molar-refractivity contribution is -0.119. The van der Waals surface area contributed by atoms with Gasteiger partial charge in [-0.2, -0.15) is 0 Å². The minimum absolute atomic E-state index is 0.342. The largest absolute Gasteiger partial charge is 0.496 e. The third-order valence-electron chi connectivity index (χ3n) is 4.97. The molecule has 0 fully saturated rings. The van der Waals surface area contributed by atoms with E-state index in [0.29, 0.717) is 39.0 Å². The van der Waals surface area contributed by atoms with Gasteiger partial charge in [-0.3, -0.25) is 9.59 Å². The van der Waals surface area contributed by atoms with Gasteiger partial charge in [0, 0.05) is 11.3 Å². The van der Waals surface area contributed by atoms with E-state index in [-0.39, 0.29) is 5.91 Å². The first-order valence-corrected chi connectivity index (χ1v) is 10.7. The van der Waals surface area contributed by atoms with Crippen molar-refractivity contribution in [3.05, 3.63) is 94.9 Å². The van der Waals surface area contributed by atoms with E-state index >= 15 is 0 Å². The van der Waals surface area contributed by atoms with Crippen LogP contribution in [0.25, 0.3) is 5.57 Å². The number of hydrogen-bond acceptors (Lipinski definition) is 5. The van der Waals surface area contributed by atoms with Crippen LogP contribution in [0, 0.1) is 0 Å². The first-order valence-electron chi connectivity index (χ1n) is 9.72. The van der Waals surface area contributed by atoms with Gasteiger partial charge in [0.25, 0.3) is 11.8 Å². The van der Waals surface area contributed by atoms with E-state index < -0.39 is 5.91 Å². The van der Waals surface area contributed by atoms with Crippen LogP contribution in [-0.4, -0.2) is 26.0 Å². The first-order chi connectivity index (χ1) is 15.2. The van der Waals surface area contributed by atoms with Crippen molar-refractivity contribution in [3.8, 4) is 11.5 Å². The zero-order valence-electron chi connectivity index (χ0n) is 17.2. The van der Waals surface area contributed by atoms with Crippen molar-refractivity contribution in [3.63, 3.8) is 0 Å². The van der Waals surface area contributed by atoms with Crippen molar-refractivity contribution >= 4 is 34.8 Å². The number of amides is 2. The van der Waals surface area contributed by atoms with Crippen LogP contribution in [0.3, 0.4) is 0 Å². The van der Waals surface area contributed by atoms with Crippen LogP contribution >= 0.6 is 11.8 Å². The third kappa shape index (κ3) is 3.94. The molecule has 0 saturated heterocycles. The molecule has 0 atom stereocenters. The molecule has 0 unspecified atom stereocenters. The van der Waals surface area contributed by atoms with Gasteiger partial charge < -0.3 is 9.47 Å². The molecule has 3 aromatic rings. The molecule has 0 N–H and O–H groups in total. The molecule has 0 bridgehead atoms. The van der Waals surface area contributed by atoms with Crippen molar-refractivity contribution in [1.82, 2.24) is 0 Å². The summed E-state index contributed by atoms with van der Waals surface area (Å²) < 4.78 is 10.9. The minimum Gasteiger partial charge on any atom is -0.496 e. The number of anilines is 1. The number of imide groups is 1. The number of methoxy groups -OCH3 is 2. The molecule has 1 aliphatic rings. The van der Waals surface area contributed by atoms with Crippen LogP contribution < -0.4 is 14.4 Å². The van der Waals surface area contributed by atoms with Crippen LogP contribution in [0.4, 0.5) is 5.69 Å². The predicted octanol–water partition coefficient (Wildman–Crippen LogP) is 4.92. The van der Waals surface area contributed by atoms with Crippen molar-refractivity contribution < 1.29 is 19.1 Å². The second-order valence-corrected chi connectivity index (χ2v) is 7.78. The number of hydrogen-bond donors (Lipinski definition) is 0. The summed E-state index contributed by atoms with van der Waals surface area (Å²) in [7, 11) is 3.07. The molecular formula is C25H21NO4S. The van der Waals surface area contributed by atoms with Crippen LogP contribution in [0.2, 0.25) is 0 Å². The molecule has 1 aliphatic heterocycles. The molecule has 0 aliphatic carbocycles. The molecule has 3 aromatic carbocycles. The Morgan fingerprint density at radius 2 is 1.35 bits per heavy atom. The SMILES string of the molecule is COc1ccccc1C1=C(SCc2ccccc2)C(=O)N(c2ccccc2OC)C1=O. The van der Waals surface area contributed by atoms with E-state index in [9.17, 15) is 9.59 Å². The van der Waals surface area contributed by atoms with Gasteiger partial charge in [0.05, 0.1) is 30.4 Å². The lowest BCUT2D eigenvalue weighted by Gasteiger charge is -2.18. The summed E-state index contributed by atoms with van der Waals surface area (Å²) in [6.45, 7) is 0. The average Bonchev–Trinajstić information content (AvgIpc) is 3.07. The van der Waals surface area contributed by atoms with Gasteiger partial charge in [-0.1, -0.05) is 60.7 Å². The highest BCUT2D eigenvalue weighted by atomic mass is 32.2. The quantitative estimate of drug-likeness (QED) is 0.497. The smallest absolute Gasteiger partial charge is 0.272 e. The maximum atomic E-state index is 13.6. The molecular weight excluding hydrogens is 410 g/mol. The van der Waals surface area contributed by atoms with Gasteiger partial charge >= 0.3 is 0 Å². The van der Waals surface area contributed by atoms with E-state index in [1.165, 1.54) is 23.8 Å². The molecule has 156 valence electrons. The molecule has 0 aromatic heterocycles. The van der Waals surface area contributed by atoms with E-state index in [1.54, 1.807) is 43.5 Å². The number of thioether (sulfide) groups is 1. The molecule has 1 heterocycles. The molecule has 6 heteroatoms. The van der Waals surface area contributed by atoms with Gasteiger partial charge in [0.2, 0.25) is 0 Å². The summed E-state index contributed by atoms with van der Waals surface area (Å²) in [5, 5.41) is 0. The zero-order chi connectivity index (χ0) is 21.8. The number of ether oxygens (including phenoxy) is 2. The molecule has 5 nitrogen and oxygen atoms in total. The highest BCUT2D eigenvalue weighted by Crippen LogP contribution is 2.43. The minimum atomic E-state index is -0.394. The number of carbonyl (C=O) groups is 2. The summed E-state index contributed by atoms with van der Waals surface area (Å²) in [6.07, 6.45) is 0. The average molecular weight is 432 g/mol. The molecule has 0 radical (unpaired) electrons. The number of rotatable bonds is 7. The number of nitrogens with zero attached hydrogens (tertiary/aromatic N) is 1. The number of para-hydroxylation sites is 3. The maximum Gasteiger partial charge on any atom is 0.272 e. The molecule has 4 rings (SSSR count). The van der Waals surface area contributed by atoms with Crippen molar-refractivity contribution in [1.29, 1.82) is 0 Å². The Morgan fingerprint density at radius 3 is 2.06 bits per heavy atom. The topological polar surface area (TPSA) is 55.8 Å². The second kappa shape index (κ2) is 9.10. The predicted molar refractivity (Wildman–Crippen MR) is 123 cm³/mol. The Morgan fingerprint density at radius 1 is 0.742 bits per heavy atom. The Kier molecular flexibility index (Phi) is 6.09. The van der Waals surface area contributed by atoms with Crippen LogP contribution in [0.15, 0.2) is 83.8 Å². The summed E-state index contributed by atoms with van der Waals surface area (Å²) in [5.41, 5.74) is 2.42. The van der Waals surface area contributed by atoms with Crippen LogP contribution in [0.1, 0.15) is 11.1 Å². The summed E-state index contributed by atoms with van der Waals surface area (Å²) in [6, 6.07) is 24.1. The lowest BCUT2D eigenvalue weighted by atomic mass is 10.0. The molecule has 0 spiro atoms. The van der Waals surface area contributed by atoms with Crippen LogP contribution in [-0.2, 0) is 15.3 Å². The van der Waals surface area contributed by atoms with Gasteiger partial charge in [-0.05, 0) is 23.8 Å². The van der Waals surface area contributed by atoms with Crippen molar-refractivity contribution in [2.75, 3.05) is 19.1 Å². The van der Waals surface area contributed by atoms with Crippen molar-refractivity contribution in [2.24, 2.45) is 0 Å². The first kappa shape index (κ1) is 20.8. The monoisotopic (exact) mass is 431 g/mol. The van der Waals surface area contributed by atoms with Gasteiger partial charge in [0.15, 0.2) is 0 Å². The molecule has 0 saturated carbocycles. The fourth-order valence-electron chi connectivity index (χ4n) is 3.50. The van der Waals surface area contributed by atoms with Crippen LogP contribution in [0.5, 0.6) is 11.5 Å². The Balaban J connectivity index is 1.81. The summed E-state index contributed by atoms with van der Waals surface area (Å²) >= 11 is 1.35. The van der Waals surface area contributed by atoms with E-state index in [0.717, 1.165) is 5.56 Å². The fourth-order valence-corrected chi connectivity index (χ4v) is 4.56. The molecule has 2 amide bonds.